The minimum Gasteiger partial charge on any atom is -0.490 e. The van der Waals surface area contributed by atoms with Gasteiger partial charge in [0.1, 0.15) is 30.3 Å². The fourth-order valence-corrected chi connectivity index (χ4v) is 3.88. The first-order chi connectivity index (χ1) is 15.2. The van der Waals surface area contributed by atoms with Gasteiger partial charge in [0.05, 0.1) is 5.69 Å². The van der Waals surface area contributed by atoms with Crippen LogP contribution in [-0.4, -0.2) is 55.0 Å². The Morgan fingerprint density at radius 2 is 1.84 bits per heavy atom. The average molecular weight is 451 g/mol. The topological polar surface area (TPSA) is 79.8 Å². The molecular formula is C21H24F3N5O3. The number of hydrogen-bond donors (Lipinski definition) is 1. The molecule has 0 spiro atoms. The van der Waals surface area contributed by atoms with Crippen molar-refractivity contribution in [3.8, 4) is 5.75 Å². The highest BCUT2D eigenvalue weighted by Crippen LogP contribution is 2.37. The highest BCUT2D eigenvalue weighted by molar-refractivity contribution is 6.05. The largest absolute Gasteiger partial charge is 0.490 e. The Kier molecular flexibility index (Phi) is 5.85. The highest BCUT2D eigenvalue weighted by atomic mass is 19.2. The molecule has 1 aromatic carbocycles. The van der Waals surface area contributed by atoms with Crippen molar-refractivity contribution in [3.05, 3.63) is 35.3 Å². The van der Waals surface area contributed by atoms with Gasteiger partial charge in [-0.05, 0) is 13.8 Å². The molecule has 11 heteroatoms. The van der Waals surface area contributed by atoms with Crippen LogP contribution in [0.4, 0.5) is 30.6 Å². The summed E-state index contributed by atoms with van der Waals surface area (Å²) in [4.78, 5) is 25.1. The van der Waals surface area contributed by atoms with Gasteiger partial charge in [0.15, 0.2) is 23.3 Å². The number of anilines is 3. The van der Waals surface area contributed by atoms with Crippen LogP contribution in [0.3, 0.4) is 0 Å². The van der Waals surface area contributed by atoms with E-state index in [9.17, 15) is 18.0 Å². The Morgan fingerprint density at radius 3 is 2.47 bits per heavy atom. The number of carbonyl (C=O) groups is 1. The molecule has 1 aliphatic carbocycles. The van der Waals surface area contributed by atoms with Crippen molar-refractivity contribution in [2.24, 2.45) is 0 Å². The van der Waals surface area contributed by atoms with Crippen LogP contribution in [-0.2, 0) is 9.53 Å². The fourth-order valence-electron chi connectivity index (χ4n) is 3.88. The second-order valence-corrected chi connectivity index (χ2v) is 8.03. The van der Waals surface area contributed by atoms with E-state index in [4.69, 9.17) is 9.47 Å². The Labute approximate surface area is 183 Å². The number of ether oxygens (including phenoxy) is 2. The lowest BCUT2D eigenvalue weighted by molar-refractivity contribution is -0.120. The molecule has 1 atom stereocenters. The summed E-state index contributed by atoms with van der Waals surface area (Å²) in [7, 11) is 3.32. The molecule has 0 saturated heterocycles. The first-order valence-corrected chi connectivity index (χ1v) is 10.2. The van der Waals surface area contributed by atoms with E-state index in [1.165, 1.54) is 12.0 Å². The molecular weight excluding hydrogens is 427 g/mol. The van der Waals surface area contributed by atoms with Crippen molar-refractivity contribution in [1.29, 1.82) is 0 Å². The van der Waals surface area contributed by atoms with Crippen LogP contribution in [0, 0.1) is 24.4 Å². The second-order valence-electron chi connectivity index (χ2n) is 8.03. The number of rotatable bonds is 6. The summed E-state index contributed by atoms with van der Waals surface area (Å²) in [6.45, 7) is 3.70. The Bertz CT molecular complexity index is 1020. The first-order valence-electron chi connectivity index (χ1n) is 10.2. The van der Waals surface area contributed by atoms with Gasteiger partial charge in [-0.3, -0.25) is 9.69 Å². The lowest BCUT2D eigenvalue weighted by Crippen LogP contribution is -2.52. The van der Waals surface area contributed by atoms with Gasteiger partial charge in [0.25, 0.3) is 5.91 Å². The minimum absolute atomic E-state index is 0.00405. The predicted molar refractivity (Wildman–Crippen MR) is 111 cm³/mol. The van der Waals surface area contributed by atoms with Crippen LogP contribution in [0.5, 0.6) is 5.75 Å². The molecule has 0 radical (unpaired) electrons. The number of hydrogen-bond acceptors (Lipinski definition) is 7. The van der Waals surface area contributed by atoms with Crippen molar-refractivity contribution in [2.45, 2.75) is 44.9 Å². The predicted octanol–water partition coefficient (Wildman–Crippen LogP) is 3.00. The van der Waals surface area contributed by atoms with E-state index in [1.54, 1.807) is 25.8 Å². The van der Waals surface area contributed by atoms with E-state index in [1.807, 2.05) is 0 Å². The van der Waals surface area contributed by atoms with Gasteiger partial charge in [-0.1, -0.05) is 0 Å². The van der Waals surface area contributed by atoms with E-state index in [0.717, 1.165) is 12.1 Å². The first kappa shape index (κ1) is 22.1. The van der Waals surface area contributed by atoms with Crippen molar-refractivity contribution < 1.29 is 27.4 Å². The molecule has 1 N–H and O–H groups in total. The normalized spacial score (nSPS) is 22.5. The van der Waals surface area contributed by atoms with E-state index in [-0.39, 0.29) is 30.5 Å². The molecule has 0 bridgehead atoms. The number of methoxy groups -OCH3 is 1. The molecule has 2 aromatic rings. The Balaban J connectivity index is 1.44. The van der Waals surface area contributed by atoms with Gasteiger partial charge in [0, 0.05) is 45.2 Å². The molecule has 1 aromatic heterocycles. The maximum absolute atomic E-state index is 13.4. The van der Waals surface area contributed by atoms with Crippen LogP contribution >= 0.6 is 0 Å². The summed E-state index contributed by atoms with van der Waals surface area (Å²) < 4.78 is 50.5. The van der Waals surface area contributed by atoms with Gasteiger partial charge in [-0.15, -0.1) is 0 Å². The maximum Gasteiger partial charge on any atom is 0.251 e. The minimum atomic E-state index is -1.52. The summed E-state index contributed by atoms with van der Waals surface area (Å²) in [5, 5.41) is 3.24. The van der Waals surface area contributed by atoms with Crippen molar-refractivity contribution in [3.63, 3.8) is 0 Å². The van der Waals surface area contributed by atoms with Gasteiger partial charge in [-0.2, -0.15) is 4.98 Å². The number of benzene rings is 1. The summed E-state index contributed by atoms with van der Waals surface area (Å²) in [5.74, 6) is -3.21. The van der Waals surface area contributed by atoms with Crippen LogP contribution in [0.15, 0.2) is 12.1 Å². The summed E-state index contributed by atoms with van der Waals surface area (Å²) >= 11 is 0. The quantitative estimate of drug-likeness (QED) is 0.677. The number of fused-ring (bicyclic) bond motifs is 1. The van der Waals surface area contributed by atoms with Crippen molar-refractivity contribution in [1.82, 2.24) is 9.97 Å². The molecule has 8 nitrogen and oxygen atoms in total. The van der Waals surface area contributed by atoms with Gasteiger partial charge < -0.3 is 19.7 Å². The number of carbonyl (C=O) groups excluding carboxylic acids is 1. The lowest BCUT2D eigenvalue weighted by Gasteiger charge is -2.39. The summed E-state index contributed by atoms with van der Waals surface area (Å²) in [6, 6.07) is 1.26. The number of aryl methyl sites for hydroxylation is 1. The average Bonchev–Trinajstić information content (AvgIpc) is 2.72. The van der Waals surface area contributed by atoms with Crippen molar-refractivity contribution in [2.75, 3.05) is 36.0 Å². The van der Waals surface area contributed by atoms with Gasteiger partial charge in [0.2, 0.25) is 5.95 Å². The molecule has 32 heavy (non-hydrogen) atoms. The Hall–Kier alpha value is -3.08. The maximum atomic E-state index is 13.4. The molecule has 1 unspecified atom stereocenters. The van der Waals surface area contributed by atoms with E-state index >= 15 is 0 Å². The monoisotopic (exact) mass is 451 g/mol. The van der Waals surface area contributed by atoms with Crippen LogP contribution < -0.4 is 19.9 Å². The zero-order chi connectivity index (χ0) is 23.2. The van der Waals surface area contributed by atoms with Crippen molar-refractivity contribution >= 4 is 23.4 Å². The van der Waals surface area contributed by atoms with Gasteiger partial charge >= 0.3 is 0 Å². The molecule has 1 fully saturated rings. The number of amides is 1. The highest BCUT2D eigenvalue weighted by Gasteiger charge is 2.37. The number of likely N-dealkylation sites (N-methyl/N-ethyl adjacent to an activating group) is 1. The molecule has 2 heterocycles. The third-order valence-corrected chi connectivity index (χ3v) is 5.79. The summed E-state index contributed by atoms with van der Waals surface area (Å²) in [5.41, 5.74) is 1.24. The third-order valence-electron chi connectivity index (χ3n) is 5.79. The van der Waals surface area contributed by atoms with E-state index < -0.39 is 23.5 Å². The SMILES string of the molecule is COCN1C(=O)C(C)N(C)c2nc(NC3CC(Oc4cc(F)c(F)c(F)c4)C3)nc(C)c21. The standard InChI is InChI=1S/C21H24F3N5O3/c1-10-18-19(28(3)11(2)20(30)29(18)9-31-4)27-21(25-10)26-12-5-13(6-12)32-14-7-15(22)17(24)16(23)8-14/h7-8,11-13H,5-6,9H2,1-4H3,(H,25,26,27). The molecule has 172 valence electrons. The fraction of sp³-hybridized carbons (Fsp3) is 0.476. The summed E-state index contributed by atoms with van der Waals surface area (Å²) in [6.07, 6.45) is 0.842. The van der Waals surface area contributed by atoms with Gasteiger partial charge in [-0.25, -0.2) is 18.2 Å². The number of aromatic nitrogens is 2. The van der Waals surface area contributed by atoms with Crippen LogP contribution in [0.2, 0.25) is 0 Å². The lowest BCUT2D eigenvalue weighted by atomic mass is 9.89. The van der Waals surface area contributed by atoms with Crippen LogP contribution in [0.25, 0.3) is 0 Å². The number of nitrogens with one attached hydrogen (secondary N) is 1. The van der Waals surface area contributed by atoms with E-state index in [0.29, 0.717) is 36.0 Å². The Morgan fingerprint density at radius 1 is 1.19 bits per heavy atom. The zero-order valence-electron chi connectivity index (χ0n) is 18.2. The molecule has 2 aliphatic rings. The third kappa shape index (κ3) is 3.92. The second kappa shape index (κ2) is 8.45. The smallest absolute Gasteiger partial charge is 0.251 e. The molecule has 1 saturated carbocycles. The molecule has 1 amide bonds. The zero-order valence-corrected chi connectivity index (χ0v) is 18.2. The number of nitrogens with zero attached hydrogens (tertiary/aromatic N) is 4. The molecule has 4 rings (SSSR count). The number of halogens is 3. The van der Waals surface area contributed by atoms with E-state index in [2.05, 4.69) is 15.3 Å². The van der Waals surface area contributed by atoms with Crippen LogP contribution in [0.1, 0.15) is 25.5 Å². The molecule has 1 aliphatic heterocycles.